The number of rotatable bonds is 14. The van der Waals surface area contributed by atoms with Crippen molar-refractivity contribution in [1.29, 1.82) is 0 Å². The third-order valence-electron chi connectivity index (χ3n) is 7.19. The fraction of sp³-hybridized carbons (Fsp3) is 0.467. The second-order valence-electron chi connectivity index (χ2n) is 9.99. The van der Waals surface area contributed by atoms with E-state index in [0.29, 0.717) is 62.0 Å². The van der Waals surface area contributed by atoms with Crippen LogP contribution in [0, 0.1) is 0 Å². The van der Waals surface area contributed by atoms with Crippen molar-refractivity contribution < 1.29 is 32.2 Å². The largest absolute Gasteiger partial charge is 0.491 e. The zero-order valence-electron chi connectivity index (χ0n) is 24.2. The van der Waals surface area contributed by atoms with Gasteiger partial charge in [-0.25, -0.2) is 8.42 Å². The van der Waals surface area contributed by atoms with Gasteiger partial charge in [-0.1, -0.05) is 32.4 Å². The van der Waals surface area contributed by atoms with Gasteiger partial charge < -0.3 is 24.4 Å². The number of nitrogens with zero attached hydrogens (tertiary/aromatic N) is 2. The van der Waals surface area contributed by atoms with Crippen molar-refractivity contribution in [2.75, 3.05) is 56.8 Å². The maximum absolute atomic E-state index is 13.7. The van der Waals surface area contributed by atoms with Crippen LogP contribution in [-0.4, -0.2) is 71.1 Å². The molecule has 0 aromatic heterocycles. The number of benzene rings is 2. The third-order valence-corrected chi connectivity index (χ3v) is 9.25. The zero-order valence-corrected chi connectivity index (χ0v) is 25.0. The van der Waals surface area contributed by atoms with Crippen LogP contribution in [0.15, 0.2) is 52.8 Å². The van der Waals surface area contributed by atoms with E-state index >= 15 is 0 Å². The predicted octanol–water partition coefficient (Wildman–Crippen LogP) is 4.78. The van der Waals surface area contributed by atoms with Crippen LogP contribution in [0.2, 0.25) is 0 Å². The molecule has 0 spiro atoms. The summed E-state index contributed by atoms with van der Waals surface area (Å²) in [5, 5.41) is 4.41. The van der Waals surface area contributed by atoms with Gasteiger partial charge in [-0.3, -0.25) is 9.59 Å². The average Bonchev–Trinajstić information content (AvgIpc) is 3.23. The number of anilines is 2. The van der Waals surface area contributed by atoms with E-state index in [1.54, 1.807) is 44.1 Å². The van der Waals surface area contributed by atoms with Gasteiger partial charge in [0.25, 0.3) is 5.91 Å². The van der Waals surface area contributed by atoms with Crippen molar-refractivity contribution in [3.8, 4) is 0 Å². The summed E-state index contributed by atoms with van der Waals surface area (Å²) >= 11 is 0. The topological polar surface area (TPSA) is 114 Å². The standard InChI is InChI=1S/C30H39N3O7S/c1-5-7-14-32(41(36,37)22(6-2)19-27-21(3)39-17-18-40-27)20-28(34)31-25-12-13-26-29-23(25)10-8-11-24(29)30(35)33(26)15-9-16-38-4/h8,10-13,19H,5-7,9,14-18,20H2,1-4H3,(H,31,34)/b22-19+. The van der Waals surface area contributed by atoms with E-state index in [-0.39, 0.29) is 30.3 Å². The molecule has 10 nitrogen and oxygen atoms in total. The van der Waals surface area contributed by atoms with E-state index in [4.69, 9.17) is 14.2 Å². The molecule has 2 heterocycles. The summed E-state index contributed by atoms with van der Waals surface area (Å²) in [6, 6.07) is 9.02. The highest BCUT2D eigenvalue weighted by Gasteiger charge is 2.31. The molecule has 0 radical (unpaired) electrons. The normalized spacial score (nSPS) is 15.5. The molecular weight excluding hydrogens is 546 g/mol. The van der Waals surface area contributed by atoms with Crippen LogP contribution in [0.1, 0.15) is 56.8 Å². The molecule has 0 unspecified atom stereocenters. The van der Waals surface area contributed by atoms with Gasteiger partial charge in [0, 0.05) is 48.8 Å². The van der Waals surface area contributed by atoms with E-state index in [9.17, 15) is 18.0 Å². The molecule has 0 saturated heterocycles. The molecule has 2 aliphatic rings. The first-order valence-electron chi connectivity index (χ1n) is 14.1. The molecule has 0 fully saturated rings. The summed E-state index contributed by atoms with van der Waals surface area (Å²) in [6.45, 7) is 7.13. The lowest BCUT2D eigenvalue weighted by Gasteiger charge is -2.24. The molecule has 4 rings (SSSR count). The second-order valence-corrected chi connectivity index (χ2v) is 12.0. The van der Waals surface area contributed by atoms with E-state index in [1.807, 2.05) is 19.1 Å². The molecule has 11 heteroatoms. The van der Waals surface area contributed by atoms with Crippen molar-refractivity contribution in [2.24, 2.45) is 0 Å². The van der Waals surface area contributed by atoms with Crippen LogP contribution >= 0.6 is 0 Å². The second kappa shape index (κ2) is 13.5. The zero-order chi connectivity index (χ0) is 29.6. The predicted molar refractivity (Wildman–Crippen MR) is 159 cm³/mol. The van der Waals surface area contributed by atoms with Crippen molar-refractivity contribution >= 4 is 44.0 Å². The summed E-state index contributed by atoms with van der Waals surface area (Å²) < 4.78 is 45.0. The van der Waals surface area contributed by atoms with Crippen LogP contribution in [0.4, 0.5) is 11.4 Å². The lowest BCUT2D eigenvalue weighted by atomic mass is 10.0. The molecule has 0 atom stereocenters. The van der Waals surface area contributed by atoms with Crippen molar-refractivity contribution in [3.05, 3.63) is 58.4 Å². The number of carbonyl (C=O) groups is 2. The SMILES string of the molecule is CCCCN(CC(=O)Nc1ccc2c3c(cccc13)C(=O)N2CCCOC)S(=O)(=O)/C(=C/C1=C(C)OCCO1)CC. The molecule has 0 aliphatic carbocycles. The molecule has 222 valence electrons. The van der Waals surface area contributed by atoms with Gasteiger partial charge >= 0.3 is 0 Å². The fourth-order valence-corrected chi connectivity index (χ4v) is 6.66. The number of ether oxygens (including phenoxy) is 3. The molecule has 41 heavy (non-hydrogen) atoms. The van der Waals surface area contributed by atoms with Crippen LogP contribution in [0.5, 0.6) is 0 Å². The summed E-state index contributed by atoms with van der Waals surface area (Å²) in [6.07, 6.45) is 3.80. The highest BCUT2D eigenvalue weighted by molar-refractivity contribution is 7.93. The monoisotopic (exact) mass is 585 g/mol. The summed E-state index contributed by atoms with van der Waals surface area (Å²) in [4.78, 5) is 28.3. The lowest BCUT2D eigenvalue weighted by molar-refractivity contribution is -0.116. The molecule has 0 saturated carbocycles. The Kier molecular flexibility index (Phi) is 10.1. The number of unbranched alkanes of at least 4 members (excludes halogenated alkanes) is 1. The summed E-state index contributed by atoms with van der Waals surface area (Å²) in [7, 11) is -2.34. The van der Waals surface area contributed by atoms with E-state index in [0.717, 1.165) is 22.9 Å². The Balaban J connectivity index is 1.59. The molecule has 2 aliphatic heterocycles. The highest BCUT2D eigenvalue weighted by atomic mass is 32.2. The summed E-state index contributed by atoms with van der Waals surface area (Å²) in [5.74, 6) is 0.363. The molecule has 2 aromatic carbocycles. The van der Waals surface area contributed by atoms with E-state index in [2.05, 4.69) is 5.32 Å². The molecular formula is C30H39N3O7S. The minimum Gasteiger partial charge on any atom is -0.491 e. The van der Waals surface area contributed by atoms with Crippen LogP contribution in [0.3, 0.4) is 0 Å². The van der Waals surface area contributed by atoms with Gasteiger partial charge in [-0.15, -0.1) is 0 Å². The number of nitrogens with one attached hydrogen (secondary N) is 1. The third kappa shape index (κ3) is 6.58. The number of carbonyl (C=O) groups excluding carboxylic acids is 2. The van der Waals surface area contributed by atoms with Crippen molar-refractivity contribution in [1.82, 2.24) is 4.31 Å². The minimum atomic E-state index is -3.96. The summed E-state index contributed by atoms with van der Waals surface area (Å²) in [5.41, 5.74) is 1.89. The van der Waals surface area contributed by atoms with Gasteiger partial charge in [-0.2, -0.15) is 4.31 Å². The Hall–Kier alpha value is -3.41. The molecule has 2 aromatic rings. The quantitative estimate of drug-likeness (QED) is 0.318. The number of hydrogen-bond donors (Lipinski definition) is 1. The average molecular weight is 586 g/mol. The highest BCUT2D eigenvalue weighted by Crippen LogP contribution is 2.40. The van der Waals surface area contributed by atoms with E-state index in [1.165, 1.54) is 10.4 Å². The first kappa shape index (κ1) is 30.5. The van der Waals surface area contributed by atoms with Gasteiger partial charge in [-0.05, 0) is 50.5 Å². The van der Waals surface area contributed by atoms with Gasteiger partial charge in [0.15, 0.2) is 5.76 Å². The molecule has 0 bridgehead atoms. The van der Waals surface area contributed by atoms with Crippen molar-refractivity contribution in [2.45, 2.75) is 46.5 Å². The van der Waals surface area contributed by atoms with E-state index < -0.39 is 15.9 Å². The molecule has 2 amide bonds. The van der Waals surface area contributed by atoms with Crippen LogP contribution in [-0.2, 0) is 29.0 Å². The number of methoxy groups -OCH3 is 1. The minimum absolute atomic E-state index is 0.0846. The Morgan fingerprint density at radius 2 is 1.93 bits per heavy atom. The van der Waals surface area contributed by atoms with Crippen LogP contribution < -0.4 is 10.2 Å². The Bertz CT molecular complexity index is 1470. The van der Waals surface area contributed by atoms with Crippen molar-refractivity contribution in [3.63, 3.8) is 0 Å². The lowest BCUT2D eigenvalue weighted by Crippen LogP contribution is -2.39. The van der Waals surface area contributed by atoms with Gasteiger partial charge in [0.05, 0.1) is 17.1 Å². The first-order chi connectivity index (χ1) is 19.7. The number of allylic oxidation sites excluding steroid dienone is 3. The van der Waals surface area contributed by atoms with Gasteiger partial charge in [0.1, 0.15) is 19.0 Å². The number of amides is 2. The Morgan fingerprint density at radius 3 is 2.63 bits per heavy atom. The fourth-order valence-electron chi connectivity index (χ4n) is 5.05. The first-order valence-corrected chi connectivity index (χ1v) is 15.5. The maximum atomic E-state index is 13.7. The smallest absolute Gasteiger partial charge is 0.258 e. The Labute approximate surface area is 242 Å². The van der Waals surface area contributed by atoms with Gasteiger partial charge in [0.2, 0.25) is 15.9 Å². The molecule has 1 N–H and O–H groups in total. The Morgan fingerprint density at radius 1 is 1.15 bits per heavy atom. The number of hydrogen-bond acceptors (Lipinski definition) is 7. The maximum Gasteiger partial charge on any atom is 0.258 e. The number of sulfonamides is 1. The van der Waals surface area contributed by atoms with Crippen LogP contribution in [0.25, 0.3) is 10.8 Å².